The summed E-state index contributed by atoms with van der Waals surface area (Å²) in [6, 6.07) is 14.8. The Bertz CT molecular complexity index is 1080. The minimum Gasteiger partial charge on any atom is -0.361 e. The summed E-state index contributed by atoms with van der Waals surface area (Å²) in [6.07, 6.45) is 4.65. The molecule has 1 aliphatic heterocycles. The van der Waals surface area contributed by atoms with E-state index in [1.165, 1.54) is 33.2 Å². The normalized spacial score (nSPS) is 14.5. The second-order valence-electron chi connectivity index (χ2n) is 8.15. The summed E-state index contributed by atoms with van der Waals surface area (Å²) in [5, 5.41) is 8.11. The number of likely N-dealkylation sites (tertiary alicyclic amines) is 1. The average Bonchev–Trinajstić information content (AvgIpc) is 3.37. The lowest BCUT2D eigenvalue weighted by Crippen LogP contribution is -2.38. The standard InChI is InChI=1S/C25H31N5O/c1-18-9-10-22-20(16-28-23(22)14-18)11-12-27-25(26-2)29-15-19-6-3-4-7-21(19)17-30-13-5-8-24(30)31/h3-4,6-7,9-10,14,16,28H,5,8,11-13,15,17H2,1-2H3,(H2,26,27,29). The van der Waals surface area contributed by atoms with Crippen molar-refractivity contribution in [3.63, 3.8) is 0 Å². The van der Waals surface area contributed by atoms with Crippen LogP contribution in [-0.4, -0.2) is 41.9 Å². The number of nitrogens with zero attached hydrogens (tertiary/aromatic N) is 2. The molecule has 6 heteroatoms. The van der Waals surface area contributed by atoms with Gasteiger partial charge >= 0.3 is 0 Å². The summed E-state index contributed by atoms with van der Waals surface area (Å²) in [7, 11) is 1.79. The molecule has 0 radical (unpaired) electrons. The molecule has 0 unspecified atom stereocenters. The molecular weight excluding hydrogens is 386 g/mol. The maximum Gasteiger partial charge on any atom is 0.222 e. The van der Waals surface area contributed by atoms with Crippen LogP contribution in [0.4, 0.5) is 0 Å². The first-order valence-corrected chi connectivity index (χ1v) is 11.0. The molecule has 1 saturated heterocycles. The molecule has 3 aromatic rings. The van der Waals surface area contributed by atoms with E-state index in [0.717, 1.165) is 31.9 Å². The van der Waals surface area contributed by atoms with Crippen molar-refractivity contribution in [2.45, 2.75) is 39.3 Å². The number of aromatic amines is 1. The van der Waals surface area contributed by atoms with Gasteiger partial charge in [-0.15, -0.1) is 0 Å². The molecule has 2 aromatic carbocycles. The first-order valence-electron chi connectivity index (χ1n) is 11.0. The second-order valence-corrected chi connectivity index (χ2v) is 8.15. The molecule has 0 spiro atoms. The lowest BCUT2D eigenvalue weighted by atomic mass is 10.1. The largest absolute Gasteiger partial charge is 0.361 e. The number of fused-ring (bicyclic) bond motifs is 1. The molecule has 1 aliphatic rings. The first-order chi connectivity index (χ1) is 15.1. The highest BCUT2D eigenvalue weighted by molar-refractivity contribution is 5.84. The van der Waals surface area contributed by atoms with E-state index >= 15 is 0 Å². The Balaban J connectivity index is 1.31. The number of carbonyl (C=O) groups excluding carboxylic acids is 1. The number of aromatic nitrogens is 1. The van der Waals surface area contributed by atoms with Crippen LogP contribution in [-0.2, 0) is 24.3 Å². The SMILES string of the molecule is CN=C(NCCc1c[nH]c2cc(C)ccc12)NCc1ccccc1CN1CCCC1=O. The van der Waals surface area contributed by atoms with Gasteiger partial charge in [-0.05, 0) is 48.1 Å². The van der Waals surface area contributed by atoms with Gasteiger partial charge in [0.05, 0.1) is 0 Å². The third-order valence-electron chi connectivity index (χ3n) is 5.93. The molecule has 0 aliphatic carbocycles. The average molecular weight is 418 g/mol. The molecule has 2 heterocycles. The number of aryl methyl sites for hydroxylation is 1. The van der Waals surface area contributed by atoms with Gasteiger partial charge in [0.2, 0.25) is 5.91 Å². The van der Waals surface area contributed by atoms with Crippen molar-refractivity contribution in [3.05, 3.63) is 70.9 Å². The number of benzene rings is 2. The maximum atomic E-state index is 12.0. The summed E-state index contributed by atoms with van der Waals surface area (Å²) < 4.78 is 0. The number of nitrogens with one attached hydrogen (secondary N) is 3. The molecular formula is C25H31N5O. The van der Waals surface area contributed by atoms with Gasteiger partial charge in [-0.25, -0.2) is 0 Å². The van der Waals surface area contributed by atoms with E-state index in [1.807, 2.05) is 17.0 Å². The highest BCUT2D eigenvalue weighted by Crippen LogP contribution is 2.20. The predicted molar refractivity (Wildman–Crippen MR) is 126 cm³/mol. The second kappa shape index (κ2) is 9.69. The van der Waals surface area contributed by atoms with Gasteiger partial charge in [-0.3, -0.25) is 9.79 Å². The van der Waals surface area contributed by atoms with E-state index in [2.05, 4.69) is 64.1 Å². The van der Waals surface area contributed by atoms with Gasteiger partial charge in [-0.1, -0.05) is 36.4 Å². The lowest BCUT2D eigenvalue weighted by Gasteiger charge is -2.19. The van der Waals surface area contributed by atoms with E-state index in [-0.39, 0.29) is 5.91 Å². The van der Waals surface area contributed by atoms with Gasteiger partial charge in [0.15, 0.2) is 5.96 Å². The molecule has 0 atom stereocenters. The fourth-order valence-electron chi connectivity index (χ4n) is 4.18. The molecule has 1 amide bonds. The summed E-state index contributed by atoms with van der Waals surface area (Å²) in [4.78, 5) is 21.7. The number of aliphatic imine (C=N–C) groups is 1. The van der Waals surface area contributed by atoms with Crippen LogP contribution in [0, 0.1) is 6.92 Å². The molecule has 0 bridgehead atoms. The van der Waals surface area contributed by atoms with Gasteiger partial charge < -0.3 is 20.5 Å². The van der Waals surface area contributed by atoms with Crippen LogP contribution >= 0.6 is 0 Å². The van der Waals surface area contributed by atoms with E-state index in [1.54, 1.807) is 7.05 Å². The van der Waals surface area contributed by atoms with E-state index in [0.29, 0.717) is 19.5 Å². The van der Waals surface area contributed by atoms with Crippen LogP contribution in [0.5, 0.6) is 0 Å². The van der Waals surface area contributed by atoms with Crippen LogP contribution in [0.3, 0.4) is 0 Å². The van der Waals surface area contributed by atoms with E-state index in [4.69, 9.17) is 0 Å². The van der Waals surface area contributed by atoms with Crippen molar-refractivity contribution in [1.29, 1.82) is 0 Å². The topological polar surface area (TPSA) is 72.5 Å². The third kappa shape index (κ3) is 5.08. The third-order valence-corrected chi connectivity index (χ3v) is 5.93. The smallest absolute Gasteiger partial charge is 0.222 e. The summed E-state index contributed by atoms with van der Waals surface area (Å²) in [5.41, 5.74) is 6.13. The van der Waals surface area contributed by atoms with Gasteiger partial charge in [0.1, 0.15) is 0 Å². The first kappa shape index (κ1) is 21.0. The molecule has 162 valence electrons. The van der Waals surface area contributed by atoms with Crippen LogP contribution in [0.2, 0.25) is 0 Å². The number of rotatable bonds is 7. The Morgan fingerprint density at radius 1 is 1.13 bits per heavy atom. The van der Waals surface area contributed by atoms with Crippen molar-refractivity contribution in [2.75, 3.05) is 20.1 Å². The van der Waals surface area contributed by atoms with Gasteiger partial charge in [0.25, 0.3) is 0 Å². The van der Waals surface area contributed by atoms with Crippen molar-refractivity contribution in [1.82, 2.24) is 20.5 Å². The van der Waals surface area contributed by atoms with Crippen LogP contribution in [0.1, 0.15) is 35.1 Å². The fraction of sp³-hybridized carbons (Fsp3) is 0.360. The minimum absolute atomic E-state index is 0.257. The predicted octanol–water partition coefficient (Wildman–Crippen LogP) is 3.51. The molecule has 31 heavy (non-hydrogen) atoms. The van der Waals surface area contributed by atoms with Crippen molar-refractivity contribution in [2.24, 2.45) is 4.99 Å². The quantitative estimate of drug-likeness (QED) is 0.407. The number of guanidine groups is 1. The van der Waals surface area contributed by atoms with Crippen LogP contribution in [0.25, 0.3) is 10.9 Å². The summed E-state index contributed by atoms with van der Waals surface area (Å²) >= 11 is 0. The molecule has 3 N–H and O–H groups in total. The monoisotopic (exact) mass is 417 g/mol. The lowest BCUT2D eigenvalue weighted by molar-refractivity contribution is -0.128. The number of hydrogen-bond acceptors (Lipinski definition) is 2. The number of hydrogen-bond donors (Lipinski definition) is 3. The Kier molecular flexibility index (Phi) is 6.55. The highest BCUT2D eigenvalue weighted by atomic mass is 16.2. The number of carbonyl (C=O) groups is 1. The zero-order chi connectivity index (χ0) is 21.6. The molecule has 4 rings (SSSR count). The molecule has 1 fully saturated rings. The molecule has 1 aromatic heterocycles. The van der Waals surface area contributed by atoms with Crippen LogP contribution < -0.4 is 10.6 Å². The van der Waals surface area contributed by atoms with Crippen molar-refractivity contribution < 1.29 is 4.79 Å². The van der Waals surface area contributed by atoms with E-state index in [9.17, 15) is 4.79 Å². The zero-order valence-electron chi connectivity index (χ0n) is 18.4. The zero-order valence-corrected chi connectivity index (χ0v) is 18.4. The van der Waals surface area contributed by atoms with Crippen molar-refractivity contribution in [3.8, 4) is 0 Å². The van der Waals surface area contributed by atoms with Crippen molar-refractivity contribution >= 4 is 22.8 Å². The summed E-state index contributed by atoms with van der Waals surface area (Å²) in [6.45, 7) is 5.12. The summed E-state index contributed by atoms with van der Waals surface area (Å²) in [5.74, 6) is 1.04. The van der Waals surface area contributed by atoms with Gasteiger partial charge in [0, 0.05) is 56.7 Å². The minimum atomic E-state index is 0.257. The Morgan fingerprint density at radius 2 is 1.97 bits per heavy atom. The molecule has 6 nitrogen and oxygen atoms in total. The maximum absolute atomic E-state index is 12.0. The Morgan fingerprint density at radius 3 is 2.74 bits per heavy atom. The Labute approximate surface area is 183 Å². The molecule has 0 saturated carbocycles. The van der Waals surface area contributed by atoms with Crippen LogP contribution in [0.15, 0.2) is 53.7 Å². The highest BCUT2D eigenvalue weighted by Gasteiger charge is 2.20. The fourth-order valence-corrected chi connectivity index (χ4v) is 4.18. The number of H-pyrrole nitrogens is 1. The number of amides is 1. The Hall–Kier alpha value is -3.28. The van der Waals surface area contributed by atoms with E-state index < -0.39 is 0 Å². The van der Waals surface area contributed by atoms with Gasteiger partial charge in [-0.2, -0.15) is 0 Å².